The number of aliphatic carboxylic acids is 1. The Morgan fingerprint density at radius 1 is 1.38 bits per heavy atom. The number of nitrogens with zero attached hydrogens (tertiary/aromatic N) is 1. The van der Waals surface area contributed by atoms with Crippen molar-refractivity contribution >= 4 is 11.9 Å². The van der Waals surface area contributed by atoms with Crippen LogP contribution in [0.15, 0.2) is 0 Å². The summed E-state index contributed by atoms with van der Waals surface area (Å²) in [6.07, 6.45) is 3.68. The third-order valence-corrected chi connectivity index (χ3v) is 2.89. The lowest BCUT2D eigenvalue weighted by atomic mass is 10.2. The zero-order valence-corrected chi connectivity index (χ0v) is 10.1. The summed E-state index contributed by atoms with van der Waals surface area (Å²) in [5, 5.41) is 8.56. The lowest BCUT2D eigenvalue weighted by Gasteiger charge is -2.26. The monoisotopic (exact) mass is 227 g/mol. The summed E-state index contributed by atoms with van der Waals surface area (Å²) in [7, 11) is 0. The molecule has 1 aliphatic carbocycles. The summed E-state index contributed by atoms with van der Waals surface area (Å²) >= 11 is 0. The zero-order chi connectivity index (χ0) is 12.1. The minimum atomic E-state index is -0.793. The van der Waals surface area contributed by atoms with E-state index in [1.807, 2.05) is 13.8 Å². The second kappa shape index (κ2) is 5.87. The molecular formula is C12H21NO3. The van der Waals surface area contributed by atoms with Crippen molar-refractivity contribution in [2.24, 2.45) is 5.92 Å². The minimum absolute atomic E-state index is 0.139. The molecule has 1 fully saturated rings. The molecule has 0 aliphatic heterocycles. The van der Waals surface area contributed by atoms with Gasteiger partial charge < -0.3 is 10.0 Å². The minimum Gasteiger partial charge on any atom is -0.481 e. The molecule has 0 aromatic carbocycles. The maximum Gasteiger partial charge on any atom is 0.303 e. The van der Waals surface area contributed by atoms with Crippen LogP contribution in [0.4, 0.5) is 0 Å². The average Bonchev–Trinajstić information content (AvgIpc) is 2.94. The third kappa shape index (κ3) is 4.64. The first-order chi connectivity index (χ1) is 7.50. The van der Waals surface area contributed by atoms with Gasteiger partial charge in [-0.05, 0) is 39.0 Å². The van der Waals surface area contributed by atoms with Gasteiger partial charge in [-0.1, -0.05) is 0 Å². The first kappa shape index (κ1) is 13.0. The van der Waals surface area contributed by atoms with Crippen LogP contribution in [0.2, 0.25) is 0 Å². The first-order valence-electron chi connectivity index (χ1n) is 6.02. The molecule has 4 nitrogen and oxygen atoms in total. The predicted octanol–water partition coefficient (Wildman–Crippen LogP) is 1.89. The fraction of sp³-hybridized carbons (Fsp3) is 0.833. The summed E-state index contributed by atoms with van der Waals surface area (Å²) in [5.41, 5.74) is 0. The predicted molar refractivity (Wildman–Crippen MR) is 61.1 cm³/mol. The van der Waals surface area contributed by atoms with E-state index in [9.17, 15) is 9.59 Å². The summed E-state index contributed by atoms with van der Waals surface area (Å²) in [6.45, 7) is 4.52. The van der Waals surface area contributed by atoms with Gasteiger partial charge in [0.1, 0.15) is 0 Å². The van der Waals surface area contributed by atoms with Gasteiger partial charge in [0.2, 0.25) is 5.91 Å². The Morgan fingerprint density at radius 2 is 2.00 bits per heavy atom. The fourth-order valence-electron chi connectivity index (χ4n) is 1.76. The number of carboxylic acid groups (broad SMARTS) is 1. The van der Waals surface area contributed by atoms with Gasteiger partial charge in [-0.15, -0.1) is 0 Å². The quantitative estimate of drug-likeness (QED) is 0.722. The maximum absolute atomic E-state index is 11.9. The van der Waals surface area contributed by atoms with Crippen molar-refractivity contribution in [2.45, 2.75) is 52.0 Å². The summed E-state index contributed by atoms with van der Waals surface area (Å²) in [5.74, 6) is -0.0190. The first-order valence-corrected chi connectivity index (χ1v) is 6.02. The van der Waals surface area contributed by atoms with Crippen LogP contribution in [0.3, 0.4) is 0 Å². The highest BCUT2D eigenvalue weighted by molar-refractivity contribution is 5.77. The van der Waals surface area contributed by atoms with Crippen LogP contribution in [-0.2, 0) is 9.59 Å². The number of carbonyl (C=O) groups excluding carboxylic acids is 1. The Kier molecular flexibility index (Phi) is 4.77. The molecule has 0 spiro atoms. The molecule has 1 N–H and O–H groups in total. The second-order valence-corrected chi connectivity index (χ2v) is 4.83. The Bertz CT molecular complexity index is 259. The second-order valence-electron chi connectivity index (χ2n) is 4.83. The molecule has 0 unspecified atom stereocenters. The molecule has 4 heteroatoms. The molecule has 92 valence electrons. The number of amides is 1. The molecule has 1 aliphatic rings. The number of carboxylic acids is 1. The molecule has 1 saturated carbocycles. The molecular weight excluding hydrogens is 206 g/mol. The average molecular weight is 227 g/mol. The fourth-order valence-corrected chi connectivity index (χ4v) is 1.76. The van der Waals surface area contributed by atoms with Crippen LogP contribution >= 0.6 is 0 Å². The van der Waals surface area contributed by atoms with E-state index in [1.165, 1.54) is 12.8 Å². The summed E-state index contributed by atoms with van der Waals surface area (Å²) in [4.78, 5) is 24.1. The van der Waals surface area contributed by atoms with Crippen molar-refractivity contribution in [1.82, 2.24) is 4.90 Å². The van der Waals surface area contributed by atoms with Crippen molar-refractivity contribution < 1.29 is 14.7 Å². The van der Waals surface area contributed by atoms with Gasteiger partial charge in [-0.2, -0.15) is 0 Å². The number of hydrogen-bond acceptors (Lipinski definition) is 2. The summed E-state index contributed by atoms with van der Waals surface area (Å²) < 4.78 is 0. The van der Waals surface area contributed by atoms with E-state index < -0.39 is 5.97 Å². The van der Waals surface area contributed by atoms with E-state index >= 15 is 0 Å². The molecule has 1 rings (SSSR count). The topological polar surface area (TPSA) is 57.6 Å². The van der Waals surface area contributed by atoms with Crippen molar-refractivity contribution in [1.29, 1.82) is 0 Å². The molecule has 0 bridgehead atoms. The number of rotatable bonds is 7. The Hall–Kier alpha value is -1.06. The third-order valence-electron chi connectivity index (χ3n) is 2.89. The lowest BCUT2D eigenvalue weighted by Crippen LogP contribution is -2.38. The summed E-state index contributed by atoms with van der Waals surface area (Å²) in [6, 6.07) is 0.167. The van der Waals surface area contributed by atoms with E-state index in [1.54, 1.807) is 4.90 Å². The van der Waals surface area contributed by atoms with Crippen LogP contribution in [0.25, 0.3) is 0 Å². The van der Waals surface area contributed by atoms with Gasteiger partial charge in [-0.3, -0.25) is 9.59 Å². The normalized spacial score (nSPS) is 15.2. The van der Waals surface area contributed by atoms with Gasteiger partial charge in [0, 0.05) is 25.4 Å². The molecule has 0 aromatic rings. The molecule has 0 heterocycles. The van der Waals surface area contributed by atoms with Crippen LogP contribution in [-0.4, -0.2) is 34.5 Å². The van der Waals surface area contributed by atoms with Crippen LogP contribution in [0.5, 0.6) is 0 Å². The lowest BCUT2D eigenvalue weighted by molar-refractivity contribution is -0.138. The zero-order valence-electron chi connectivity index (χ0n) is 10.1. The molecule has 16 heavy (non-hydrogen) atoms. The van der Waals surface area contributed by atoms with Gasteiger partial charge in [0.25, 0.3) is 0 Å². The Labute approximate surface area is 96.6 Å². The van der Waals surface area contributed by atoms with Crippen molar-refractivity contribution in [3.05, 3.63) is 0 Å². The highest BCUT2D eigenvalue weighted by Gasteiger charge is 2.27. The molecule has 0 aromatic heterocycles. The van der Waals surface area contributed by atoms with E-state index in [0.717, 1.165) is 0 Å². The van der Waals surface area contributed by atoms with Crippen LogP contribution in [0.1, 0.15) is 46.0 Å². The van der Waals surface area contributed by atoms with Crippen LogP contribution < -0.4 is 0 Å². The molecule has 1 amide bonds. The van der Waals surface area contributed by atoms with Gasteiger partial charge in [0.05, 0.1) is 0 Å². The van der Waals surface area contributed by atoms with Crippen molar-refractivity contribution in [2.75, 3.05) is 6.54 Å². The molecule has 0 saturated heterocycles. The highest BCUT2D eigenvalue weighted by atomic mass is 16.4. The van der Waals surface area contributed by atoms with E-state index in [-0.39, 0.29) is 18.4 Å². The Balaban J connectivity index is 2.33. The van der Waals surface area contributed by atoms with Crippen LogP contribution in [0, 0.1) is 5.92 Å². The van der Waals surface area contributed by atoms with E-state index in [2.05, 4.69) is 0 Å². The van der Waals surface area contributed by atoms with Gasteiger partial charge in [-0.25, -0.2) is 0 Å². The standard InChI is InChI=1S/C12H21NO3/c1-9(2)13(7-3-4-12(15)16)11(14)8-10-5-6-10/h9-10H,3-8H2,1-2H3,(H,15,16). The van der Waals surface area contributed by atoms with Gasteiger partial charge >= 0.3 is 5.97 Å². The number of hydrogen-bond donors (Lipinski definition) is 1. The SMILES string of the molecule is CC(C)N(CCCC(=O)O)C(=O)CC1CC1. The van der Waals surface area contributed by atoms with Crippen molar-refractivity contribution in [3.8, 4) is 0 Å². The van der Waals surface area contributed by atoms with E-state index in [0.29, 0.717) is 25.3 Å². The maximum atomic E-state index is 11.9. The molecule has 0 atom stereocenters. The molecule has 0 radical (unpaired) electrons. The highest BCUT2D eigenvalue weighted by Crippen LogP contribution is 2.33. The van der Waals surface area contributed by atoms with Crippen molar-refractivity contribution in [3.63, 3.8) is 0 Å². The smallest absolute Gasteiger partial charge is 0.303 e. The van der Waals surface area contributed by atoms with Gasteiger partial charge in [0.15, 0.2) is 0 Å². The largest absolute Gasteiger partial charge is 0.481 e. The number of carbonyl (C=O) groups is 2. The van der Waals surface area contributed by atoms with E-state index in [4.69, 9.17) is 5.11 Å². The Morgan fingerprint density at radius 3 is 2.44 bits per heavy atom.